The molecule has 2 aromatic heterocycles. The summed E-state index contributed by atoms with van der Waals surface area (Å²) >= 11 is 1.68. The van der Waals surface area contributed by atoms with Gasteiger partial charge in [-0.1, -0.05) is 48.5 Å². The summed E-state index contributed by atoms with van der Waals surface area (Å²) in [5.41, 5.74) is 6.32. The second-order valence-electron chi connectivity index (χ2n) is 10.6. The number of thioether (sulfide) groups is 1. The number of ether oxygens (including phenoxy) is 1. The number of benzene rings is 3. The Kier molecular flexibility index (Phi) is 7.09. The second kappa shape index (κ2) is 11.3. The van der Waals surface area contributed by atoms with E-state index in [1.807, 2.05) is 78.9 Å². The fourth-order valence-corrected chi connectivity index (χ4v) is 6.62. The summed E-state index contributed by atoms with van der Waals surface area (Å²) in [4.78, 5) is 40.3. The number of hydrogen-bond donors (Lipinski definition) is 2. The van der Waals surface area contributed by atoms with E-state index in [1.165, 1.54) is 0 Å². The van der Waals surface area contributed by atoms with Gasteiger partial charge in [-0.3, -0.25) is 14.7 Å². The Bertz CT molecular complexity index is 1720. The molecule has 3 aromatic carbocycles. The molecule has 1 saturated carbocycles. The van der Waals surface area contributed by atoms with Gasteiger partial charge in [0, 0.05) is 29.8 Å². The smallest absolute Gasteiger partial charge is 0.411 e. The molecule has 5 aromatic rings. The number of rotatable bonds is 7. The highest BCUT2D eigenvalue weighted by molar-refractivity contribution is 7.99. The van der Waals surface area contributed by atoms with Crippen LogP contribution in [0.4, 0.5) is 4.79 Å². The van der Waals surface area contributed by atoms with Gasteiger partial charge < -0.3 is 15.0 Å². The van der Waals surface area contributed by atoms with Crippen molar-refractivity contribution in [2.24, 2.45) is 0 Å². The van der Waals surface area contributed by atoms with Crippen molar-refractivity contribution >= 4 is 34.8 Å². The van der Waals surface area contributed by atoms with E-state index in [9.17, 15) is 9.59 Å². The van der Waals surface area contributed by atoms with Crippen LogP contribution in [-0.2, 0) is 11.3 Å². The Morgan fingerprint density at radius 2 is 1.71 bits per heavy atom. The van der Waals surface area contributed by atoms with Gasteiger partial charge in [0.25, 0.3) is 5.91 Å². The van der Waals surface area contributed by atoms with Crippen LogP contribution in [-0.4, -0.2) is 43.6 Å². The van der Waals surface area contributed by atoms with Crippen molar-refractivity contribution in [3.05, 3.63) is 120 Å². The zero-order chi connectivity index (χ0) is 28.5. The SMILES string of the molecule is O=C(NC1CC1)c1ccc(-c2ccc3nc(C4CSC(c5ccncc5)N4C(=O)OCc4ccccc4)[nH]c3c2)cc1. The van der Waals surface area contributed by atoms with Gasteiger partial charge in [0.15, 0.2) is 0 Å². The van der Waals surface area contributed by atoms with E-state index in [2.05, 4.69) is 21.4 Å². The average molecular weight is 576 g/mol. The monoisotopic (exact) mass is 575 g/mol. The van der Waals surface area contributed by atoms with E-state index in [4.69, 9.17) is 9.72 Å². The first-order valence-corrected chi connectivity index (χ1v) is 15.1. The molecule has 2 amide bonds. The summed E-state index contributed by atoms with van der Waals surface area (Å²) in [5, 5.41) is 2.81. The van der Waals surface area contributed by atoms with Gasteiger partial charge in [0.2, 0.25) is 0 Å². The van der Waals surface area contributed by atoms with Crippen molar-refractivity contribution in [2.75, 3.05) is 5.75 Å². The van der Waals surface area contributed by atoms with E-state index < -0.39 is 0 Å². The first kappa shape index (κ1) is 26.3. The molecule has 9 heteroatoms. The third-order valence-electron chi connectivity index (χ3n) is 7.62. The molecule has 2 fully saturated rings. The fourth-order valence-electron chi connectivity index (χ4n) is 5.20. The highest BCUT2D eigenvalue weighted by atomic mass is 32.2. The van der Waals surface area contributed by atoms with Gasteiger partial charge in [0.1, 0.15) is 23.8 Å². The lowest BCUT2D eigenvalue weighted by Crippen LogP contribution is -2.34. The summed E-state index contributed by atoms with van der Waals surface area (Å²) in [5.74, 6) is 1.36. The Balaban J connectivity index is 1.14. The van der Waals surface area contributed by atoms with E-state index in [-0.39, 0.29) is 30.0 Å². The van der Waals surface area contributed by atoms with Crippen LogP contribution in [0.5, 0.6) is 0 Å². The number of nitrogens with one attached hydrogen (secondary N) is 2. The van der Waals surface area contributed by atoms with E-state index >= 15 is 0 Å². The molecule has 1 aliphatic heterocycles. The maximum absolute atomic E-state index is 13.6. The van der Waals surface area contributed by atoms with Crippen LogP contribution in [0.2, 0.25) is 0 Å². The van der Waals surface area contributed by atoms with Crippen LogP contribution < -0.4 is 5.32 Å². The summed E-state index contributed by atoms with van der Waals surface area (Å²) in [6.45, 7) is 0.196. The molecule has 0 radical (unpaired) electrons. The van der Waals surface area contributed by atoms with Gasteiger partial charge in [-0.15, -0.1) is 11.8 Å². The first-order valence-electron chi connectivity index (χ1n) is 14.0. The lowest BCUT2D eigenvalue weighted by molar-refractivity contribution is 0.0818. The number of amides is 2. The fraction of sp³-hybridized carbons (Fsp3) is 0.212. The van der Waals surface area contributed by atoms with Gasteiger partial charge in [-0.2, -0.15) is 0 Å². The Hall–Kier alpha value is -4.63. The number of carbonyl (C=O) groups excluding carboxylic acids is 2. The number of fused-ring (bicyclic) bond motifs is 1. The molecule has 1 aliphatic carbocycles. The number of nitrogens with zero attached hydrogens (tertiary/aromatic N) is 3. The Morgan fingerprint density at radius 1 is 0.952 bits per heavy atom. The molecule has 0 spiro atoms. The molecule has 2 N–H and O–H groups in total. The summed E-state index contributed by atoms with van der Waals surface area (Å²) in [7, 11) is 0. The minimum absolute atomic E-state index is 0.0240. The molecule has 2 unspecified atom stereocenters. The largest absolute Gasteiger partial charge is 0.444 e. The van der Waals surface area contributed by atoms with Crippen LogP contribution in [0.1, 0.15) is 51.6 Å². The molecule has 7 rings (SSSR count). The molecule has 0 bridgehead atoms. The Morgan fingerprint density at radius 3 is 2.48 bits per heavy atom. The minimum atomic E-state index is -0.386. The number of imidazole rings is 1. The molecule has 8 nitrogen and oxygen atoms in total. The van der Waals surface area contributed by atoms with Gasteiger partial charge in [-0.25, -0.2) is 9.78 Å². The van der Waals surface area contributed by atoms with Gasteiger partial charge >= 0.3 is 6.09 Å². The van der Waals surface area contributed by atoms with Crippen LogP contribution in [0, 0.1) is 0 Å². The average Bonchev–Trinajstić information content (AvgIpc) is 3.57. The van der Waals surface area contributed by atoms with E-state index in [0.29, 0.717) is 17.4 Å². The van der Waals surface area contributed by atoms with Crippen LogP contribution >= 0.6 is 11.8 Å². The van der Waals surface area contributed by atoms with Crippen molar-refractivity contribution in [2.45, 2.75) is 36.9 Å². The van der Waals surface area contributed by atoms with Gasteiger partial charge in [-0.05, 0) is 71.5 Å². The molecular weight excluding hydrogens is 546 g/mol. The maximum Gasteiger partial charge on any atom is 0.411 e. The maximum atomic E-state index is 13.6. The topological polar surface area (TPSA) is 100 Å². The highest BCUT2D eigenvalue weighted by Crippen LogP contribution is 2.47. The molecule has 210 valence electrons. The number of H-pyrrole nitrogens is 1. The quantitative estimate of drug-likeness (QED) is 0.226. The zero-order valence-electron chi connectivity index (χ0n) is 22.8. The second-order valence-corrected chi connectivity index (χ2v) is 11.7. The third kappa shape index (κ3) is 5.47. The normalized spacial score (nSPS) is 18.2. The zero-order valence-corrected chi connectivity index (χ0v) is 23.6. The van der Waals surface area contributed by atoms with Crippen LogP contribution in [0.25, 0.3) is 22.2 Å². The van der Waals surface area contributed by atoms with Crippen molar-refractivity contribution in [3.8, 4) is 11.1 Å². The standard InChI is InChI=1S/C33H29N5O3S/c39-31(35-26-11-12-26)23-8-6-22(7-9-23)25-10-13-27-28(18-25)37-30(36-27)29-20-42-32(24-14-16-34-17-15-24)38(29)33(40)41-19-21-4-2-1-3-5-21/h1-10,13-18,26,29,32H,11-12,19-20H2,(H,35,39)(H,36,37). The minimum Gasteiger partial charge on any atom is -0.444 e. The van der Waals surface area contributed by atoms with Crippen LogP contribution in [0.3, 0.4) is 0 Å². The highest BCUT2D eigenvalue weighted by Gasteiger charge is 2.42. The molecular formula is C33H29N5O3S. The summed E-state index contributed by atoms with van der Waals surface area (Å²) in [6.07, 6.45) is 5.22. The molecule has 2 atom stereocenters. The predicted octanol–water partition coefficient (Wildman–Crippen LogP) is 6.64. The molecule has 2 aliphatic rings. The van der Waals surface area contributed by atoms with Crippen molar-refractivity contribution in [1.29, 1.82) is 0 Å². The Labute approximate surface area is 247 Å². The van der Waals surface area contributed by atoms with Crippen molar-refractivity contribution in [3.63, 3.8) is 0 Å². The van der Waals surface area contributed by atoms with E-state index in [0.717, 1.165) is 52.0 Å². The number of aromatic amines is 1. The lowest BCUT2D eigenvalue weighted by atomic mass is 10.0. The number of pyridine rings is 1. The molecule has 1 saturated heterocycles. The number of aromatic nitrogens is 3. The van der Waals surface area contributed by atoms with Gasteiger partial charge in [0.05, 0.1) is 11.0 Å². The lowest BCUT2D eigenvalue weighted by Gasteiger charge is -2.27. The number of hydrogen-bond acceptors (Lipinski definition) is 6. The molecule has 3 heterocycles. The molecule has 42 heavy (non-hydrogen) atoms. The summed E-state index contributed by atoms with van der Waals surface area (Å²) in [6, 6.07) is 27.3. The van der Waals surface area contributed by atoms with Crippen molar-refractivity contribution in [1.82, 2.24) is 25.2 Å². The van der Waals surface area contributed by atoms with Crippen LogP contribution in [0.15, 0.2) is 97.3 Å². The van der Waals surface area contributed by atoms with E-state index in [1.54, 1.807) is 29.1 Å². The first-order chi connectivity index (χ1) is 20.6. The predicted molar refractivity (Wildman–Crippen MR) is 163 cm³/mol. The number of carbonyl (C=O) groups is 2. The van der Waals surface area contributed by atoms with Crippen molar-refractivity contribution < 1.29 is 14.3 Å². The summed E-state index contributed by atoms with van der Waals surface area (Å²) < 4.78 is 5.81. The third-order valence-corrected chi connectivity index (χ3v) is 8.94.